The van der Waals surface area contributed by atoms with Crippen LogP contribution in [-0.2, 0) is 13.0 Å². The molecule has 0 saturated heterocycles. The molecule has 1 unspecified atom stereocenters. The van der Waals surface area contributed by atoms with Crippen LogP contribution < -0.4 is 0 Å². The molecule has 5 heteroatoms. The Balaban J connectivity index is 2.34. The van der Waals surface area contributed by atoms with E-state index in [0.717, 1.165) is 17.9 Å². The van der Waals surface area contributed by atoms with Gasteiger partial charge in [-0.05, 0) is 31.9 Å². The molecule has 0 spiro atoms. The van der Waals surface area contributed by atoms with Crippen LogP contribution in [0.5, 0.6) is 0 Å². The van der Waals surface area contributed by atoms with Crippen LogP contribution in [0, 0.1) is 12.7 Å². The lowest BCUT2D eigenvalue weighted by Gasteiger charge is -2.16. The van der Waals surface area contributed by atoms with E-state index in [9.17, 15) is 4.39 Å². The van der Waals surface area contributed by atoms with Crippen molar-refractivity contribution < 1.29 is 4.39 Å². The van der Waals surface area contributed by atoms with Crippen molar-refractivity contribution in [3.05, 3.63) is 52.1 Å². The number of aryl methyl sites for hydroxylation is 2. The maximum atomic E-state index is 13.9. The van der Waals surface area contributed by atoms with E-state index in [1.807, 2.05) is 30.7 Å². The van der Waals surface area contributed by atoms with Gasteiger partial charge in [0, 0.05) is 17.8 Å². The third kappa shape index (κ3) is 3.07. The summed E-state index contributed by atoms with van der Waals surface area (Å²) in [4.78, 5) is 0. The van der Waals surface area contributed by atoms with Crippen LogP contribution in [0.15, 0.2) is 24.3 Å². The quantitative estimate of drug-likeness (QED) is 0.706. The lowest BCUT2D eigenvalue weighted by molar-refractivity contribution is 0.567. The van der Waals surface area contributed by atoms with Gasteiger partial charge in [0.1, 0.15) is 5.82 Å². The highest BCUT2D eigenvalue weighted by atomic mass is 79.9. The van der Waals surface area contributed by atoms with Gasteiger partial charge in [0.15, 0.2) is 0 Å². The molecule has 1 aromatic carbocycles. The van der Waals surface area contributed by atoms with Crippen molar-refractivity contribution in [3.8, 4) is 0 Å². The first kappa shape index (κ1) is 15.5. The summed E-state index contributed by atoms with van der Waals surface area (Å²) in [6.07, 6.45) is 0.666. The molecule has 108 valence electrons. The molecule has 0 saturated carbocycles. The molecule has 0 radical (unpaired) electrons. The van der Waals surface area contributed by atoms with Gasteiger partial charge in [-0.3, -0.25) is 4.68 Å². The molecular formula is C15H17BrClFN2. The Labute approximate surface area is 132 Å². The van der Waals surface area contributed by atoms with Crippen LogP contribution in [-0.4, -0.2) is 15.1 Å². The Morgan fingerprint density at radius 3 is 2.70 bits per heavy atom. The van der Waals surface area contributed by atoms with Gasteiger partial charge in [0.05, 0.1) is 16.4 Å². The molecular weight excluding hydrogens is 343 g/mol. The van der Waals surface area contributed by atoms with Crippen molar-refractivity contribution in [2.45, 2.75) is 32.7 Å². The summed E-state index contributed by atoms with van der Waals surface area (Å²) in [7, 11) is 0. The molecule has 2 nitrogen and oxygen atoms in total. The smallest absolute Gasteiger partial charge is 0.126 e. The fraction of sp³-hybridized carbons (Fsp3) is 0.400. The first-order chi connectivity index (χ1) is 9.58. The van der Waals surface area contributed by atoms with Gasteiger partial charge in [0.2, 0.25) is 0 Å². The van der Waals surface area contributed by atoms with Crippen LogP contribution >= 0.6 is 27.5 Å². The summed E-state index contributed by atoms with van der Waals surface area (Å²) in [6.45, 7) is 4.68. The van der Waals surface area contributed by atoms with Gasteiger partial charge in [-0.2, -0.15) is 5.10 Å². The molecule has 0 N–H and O–H groups in total. The van der Waals surface area contributed by atoms with Crippen molar-refractivity contribution in [2.24, 2.45) is 0 Å². The van der Waals surface area contributed by atoms with E-state index in [2.05, 4.69) is 21.0 Å². The number of alkyl halides is 1. The minimum absolute atomic E-state index is 0.0371. The summed E-state index contributed by atoms with van der Waals surface area (Å²) in [6, 6.07) is 6.89. The number of halogens is 3. The SMILES string of the molecule is CCn1nc(C)c(Cl)c1CC(CBr)c1ccccc1F. The second-order valence-corrected chi connectivity index (χ2v) is 5.76. The minimum Gasteiger partial charge on any atom is -0.268 e. The van der Waals surface area contributed by atoms with Crippen molar-refractivity contribution in [1.82, 2.24) is 9.78 Å². The van der Waals surface area contributed by atoms with Gasteiger partial charge in [-0.15, -0.1) is 0 Å². The molecule has 0 aliphatic heterocycles. The zero-order chi connectivity index (χ0) is 14.7. The second-order valence-electron chi connectivity index (χ2n) is 4.74. The molecule has 1 heterocycles. The maximum absolute atomic E-state index is 13.9. The molecule has 2 aromatic rings. The largest absolute Gasteiger partial charge is 0.268 e. The first-order valence-electron chi connectivity index (χ1n) is 6.60. The van der Waals surface area contributed by atoms with Gasteiger partial charge >= 0.3 is 0 Å². The number of hydrogen-bond donors (Lipinski definition) is 0. The summed E-state index contributed by atoms with van der Waals surface area (Å²) in [5.41, 5.74) is 2.51. The zero-order valence-corrected chi connectivity index (χ0v) is 13.9. The summed E-state index contributed by atoms with van der Waals surface area (Å²) >= 11 is 9.81. The van der Waals surface area contributed by atoms with Crippen LogP contribution in [0.4, 0.5) is 4.39 Å². The first-order valence-corrected chi connectivity index (χ1v) is 8.10. The van der Waals surface area contributed by atoms with Gasteiger partial charge in [-0.1, -0.05) is 45.7 Å². The van der Waals surface area contributed by atoms with E-state index < -0.39 is 0 Å². The molecule has 0 aliphatic carbocycles. The van der Waals surface area contributed by atoms with Gasteiger partial charge < -0.3 is 0 Å². The van der Waals surface area contributed by atoms with Crippen LogP contribution in [0.3, 0.4) is 0 Å². The lowest BCUT2D eigenvalue weighted by atomic mass is 9.95. The fourth-order valence-corrected chi connectivity index (χ4v) is 3.14. The fourth-order valence-electron chi connectivity index (χ4n) is 2.35. The Bertz CT molecular complexity index is 598. The molecule has 0 aliphatic rings. The van der Waals surface area contributed by atoms with Crippen molar-refractivity contribution in [2.75, 3.05) is 5.33 Å². The van der Waals surface area contributed by atoms with Crippen molar-refractivity contribution in [3.63, 3.8) is 0 Å². The Hall–Kier alpha value is -0.870. The predicted molar refractivity (Wildman–Crippen MR) is 84.3 cm³/mol. The number of aromatic nitrogens is 2. The summed E-state index contributed by atoms with van der Waals surface area (Å²) in [5.74, 6) is -0.137. The topological polar surface area (TPSA) is 17.8 Å². The highest BCUT2D eigenvalue weighted by Gasteiger charge is 2.20. The number of benzene rings is 1. The molecule has 0 bridgehead atoms. The van der Waals surface area contributed by atoms with Gasteiger partial charge in [0.25, 0.3) is 0 Å². The summed E-state index contributed by atoms with van der Waals surface area (Å²) in [5, 5.41) is 5.78. The molecule has 0 fully saturated rings. The van der Waals surface area contributed by atoms with E-state index in [1.54, 1.807) is 6.07 Å². The van der Waals surface area contributed by atoms with E-state index in [-0.39, 0.29) is 11.7 Å². The maximum Gasteiger partial charge on any atom is 0.126 e. The zero-order valence-electron chi connectivity index (χ0n) is 11.5. The summed E-state index contributed by atoms with van der Waals surface area (Å²) < 4.78 is 15.8. The normalized spacial score (nSPS) is 12.7. The van der Waals surface area contributed by atoms with Crippen molar-refractivity contribution >= 4 is 27.5 Å². The van der Waals surface area contributed by atoms with E-state index in [4.69, 9.17) is 11.6 Å². The molecule has 20 heavy (non-hydrogen) atoms. The number of rotatable bonds is 5. The highest BCUT2D eigenvalue weighted by molar-refractivity contribution is 9.09. The third-order valence-electron chi connectivity index (χ3n) is 3.42. The predicted octanol–water partition coefficient (Wildman–Crippen LogP) is 4.73. The monoisotopic (exact) mass is 358 g/mol. The Morgan fingerprint density at radius 1 is 1.40 bits per heavy atom. The average molecular weight is 360 g/mol. The van der Waals surface area contributed by atoms with Gasteiger partial charge in [-0.25, -0.2) is 4.39 Å². The molecule has 2 rings (SSSR count). The Kier molecular flexibility index (Phi) is 5.22. The molecule has 1 atom stereocenters. The van der Waals surface area contributed by atoms with Crippen LogP contribution in [0.1, 0.15) is 29.8 Å². The molecule has 1 aromatic heterocycles. The molecule has 0 amide bonds. The average Bonchev–Trinajstić information content (AvgIpc) is 2.73. The highest BCUT2D eigenvalue weighted by Crippen LogP contribution is 2.29. The van der Waals surface area contributed by atoms with E-state index in [1.165, 1.54) is 6.07 Å². The lowest BCUT2D eigenvalue weighted by Crippen LogP contribution is -2.11. The third-order valence-corrected chi connectivity index (χ3v) is 4.70. The number of hydrogen-bond acceptors (Lipinski definition) is 1. The Morgan fingerprint density at radius 2 is 2.10 bits per heavy atom. The second kappa shape index (κ2) is 6.72. The standard InChI is InChI=1S/C15H17BrClFN2/c1-3-20-14(15(17)10(2)19-20)8-11(9-16)12-6-4-5-7-13(12)18/h4-7,11H,3,8-9H2,1-2H3. The van der Waals surface area contributed by atoms with Crippen LogP contribution in [0.25, 0.3) is 0 Å². The van der Waals surface area contributed by atoms with Crippen LogP contribution in [0.2, 0.25) is 5.02 Å². The van der Waals surface area contributed by atoms with Crippen molar-refractivity contribution in [1.29, 1.82) is 0 Å². The van der Waals surface area contributed by atoms with E-state index >= 15 is 0 Å². The van der Waals surface area contributed by atoms with E-state index in [0.29, 0.717) is 22.3 Å². The number of nitrogens with zero attached hydrogens (tertiary/aromatic N) is 2. The minimum atomic E-state index is -0.174.